The van der Waals surface area contributed by atoms with Crippen molar-refractivity contribution in [2.45, 2.75) is 20.0 Å². The van der Waals surface area contributed by atoms with Crippen LogP contribution in [0, 0.1) is 6.92 Å². The highest BCUT2D eigenvalue weighted by Crippen LogP contribution is 2.36. The van der Waals surface area contributed by atoms with Gasteiger partial charge in [0.15, 0.2) is 6.10 Å². The summed E-state index contributed by atoms with van der Waals surface area (Å²) in [6, 6.07) is 21.1. The molecule has 6 heteroatoms. The minimum atomic E-state index is -0.765. The summed E-state index contributed by atoms with van der Waals surface area (Å²) < 4.78 is 17.3. The highest BCUT2D eigenvalue weighted by atomic mass is 16.5. The molecule has 0 aliphatic rings. The van der Waals surface area contributed by atoms with Crippen LogP contribution >= 0.6 is 0 Å². The van der Waals surface area contributed by atoms with Gasteiger partial charge in [-0.25, -0.2) is 4.98 Å². The fourth-order valence-electron chi connectivity index (χ4n) is 3.87. The summed E-state index contributed by atoms with van der Waals surface area (Å²) in [4.78, 5) is 17.4. The quantitative estimate of drug-likeness (QED) is 0.381. The number of anilines is 1. The van der Waals surface area contributed by atoms with Crippen molar-refractivity contribution in [2.24, 2.45) is 0 Å². The second-order valence-corrected chi connectivity index (χ2v) is 7.69. The van der Waals surface area contributed by atoms with Gasteiger partial charge in [-0.05, 0) is 37.6 Å². The van der Waals surface area contributed by atoms with E-state index in [-0.39, 0.29) is 5.91 Å². The van der Waals surface area contributed by atoms with Crippen LogP contribution in [0.1, 0.15) is 12.5 Å². The van der Waals surface area contributed by atoms with Crippen LogP contribution in [-0.4, -0.2) is 24.1 Å². The zero-order valence-corrected chi connectivity index (χ0v) is 18.0. The lowest BCUT2D eigenvalue weighted by Gasteiger charge is -2.16. The predicted octanol–water partition coefficient (Wildman–Crippen LogP) is 5.86. The fourth-order valence-corrected chi connectivity index (χ4v) is 3.87. The van der Waals surface area contributed by atoms with Crippen molar-refractivity contribution in [3.05, 3.63) is 72.3 Å². The predicted molar refractivity (Wildman–Crippen MR) is 125 cm³/mol. The van der Waals surface area contributed by atoms with Gasteiger partial charge in [-0.1, -0.05) is 36.4 Å². The number of nitrogens with one attached hydrogen (secondary N) is 1. The molecule has 1 atom stereocenters. The average Bonchev–Trinajstić information content (AvgIpc) is 3.15. The second kappa shape index (κ2) is 7.89. The van der Waals surface area contributed by atoms with Crippen molar-refractivity contribution in [2.75, 3.05) is 12.4 Å². The first-order valence-electron chi connectivity index (χ1n) is 10.4. The molecule has 2 aromatic heterocycles. The van der Waals surface area contributed by atoms with Crippen molar-refractivity contribution in [3.63, 3.8) is 0 Å². The number of ether oxygens (including phenoxy) is 2. The van der Waals surface area contributed by atoms with Gasteiger partial charge in [-0.15, -0.1) is 0 Å². The van der Waals surface area contributed by atoms with E-state index in [0.29, 0.717) is 22.9 Å². The Kier molecular flexibility index (Phi) is 4.90. The van der Waals surface area contributed by atoms with E-state index in [9.17, 15) is 4.79 Å². The third kappa shape index (κ3) is 3.50. The first kappa shape index (κ1) is 19.9. The molecule has 5 rings (SSSR count). The normalized spacial score (nSPS) is 12.2. The lowest BCUT2D eigenvalue weighted by atomic mass is 10.1. The Balaban J connectivity index is 1.41. The molecule has 6 nitrogen and oxygen atoms in total. The number of carbonyl (C=O) groups is 1. The summed E-state index contributed by atoms with van der Waals surface area (Å²) in [7, 11) is 1.57. The molecule has 0 bridgehead atoms. The van der Waals surface area contributed by atoms with Gasteiger partial charge in [-0.2, -0.15) is 0 Å². The van der Waals surface area contributed by atoms with Crippen LogP contribution < -0.4 is 14.8 Å². The number of nitrogens with zero attached hydrogens (tertiary/aromatic N) is 1. The number of carbonyl (C=O) groups excluding carboxylic acids is 1. The van der Waals surface area contributed by atoms with Gasteiger partial charge in [0, 0.05) is 28.3 Å². The Morgan fingerprint density at radius 1 is 0.969 bits per heavy atom. The van der Waals surface area contributed by atoms with Crippen LogP contribution in [0.4, 0.5) is 5.69 Å². The minimum absolute atomic E-state index is 0.314. The van der Waals surface area contributed by atoms with Gasteiger partial charge in [0.05, 0.1) is 18.3 Å². The number of rotatable bonds is 5. The molecule has 32 heavy (non-hydrogen) atoms. The van der Waals surface area contributed by atoms with Gasteiger partial charge in [0.1, 0.15) is 16.9 Å². The van der Waals surface area contributed by atoms with Crippen LogP contribution in [0.3, 0.4) is 0 Å². The number of para-hydroxylation sites is 2. The number of furan rings is 1. The van der Waals surface area contributed by atoms with Crippen molar-refractivity contribution in [3.8, 4) is 11.6 Å². The molecule has 0 radical (unpaired) electrons. The fraction of sp³-hybridized carbons (Fsp3) is 0.154. The molecule has 1 N–H and O–H groups in total. The number of aryl methyl sites for hydroxylation is 1. The highest BCUT2D eigenvalue weighted by molar-refractivity contribution is 6.08. The van der Waals surface area contributed by atoms with E-state index in [1.165, 1.54) is 0 Å². The Labute approximate surface area is 184 Å². The smallest absolute Gasteiger partial charge is 0.265 e. The number of hydrogen-bond donors (Lipinski definition) is 1. The maximum Gasteiger partial charge on any atom is 0.265 e. The lowest BCUT2D eigenvalue weighted by Crippen LogP contribution is -2.30. The standard InChI is InChI=1S/C26H22N2O4/c1-15-12-25(27-20-10-6-4-8-17(15)20)31-16(2)26(29)28-21-14-23-19(13-24(21)30-3)18-9-5-7-11-22(18)32-23/h4-14,16H,1-3H3,(H,28,29)/t16-/m0/s1. The van der Waals surface area contributed by atoms with E-state index in [0.717, 1.165) is 32.8 Å². The maximum atomic E-state index is 12.9. The van der Waals surface area contributed by atoms with Crippen molar-refractivity contribution < 1.29 is 18.7 Å². The average molecular weight is 426 g/mol. The van der Waals surface area contributed by atoms with E-state index >= 15 is 0 Å². The molecule has 0 saturated heterocycles. The van der Waals surface area contributed by atoms with Crippen molar-refractivity contribution in [1.29, 1.82) is 0 Å². The molecule has 3 aromatic carbocycles. The van der Waals surface area contributed by atoms with Crippen LogP contribution in [0.15, 0.2) is 71.1 Å². The monoisotopic (exact) mass is 426 g/mol. The molecule has 0 unspecified atom stereocenters. The SMILES string of the molecule is COc1cc2c(cc1NC(=O)[C@H](C)Oc1cc(C)c3ccccc3n1)oc1ccccc12. The molecule has 1 amide bonds. The molecule has 0 saturated carbocycles. The molecule has 0 fully saturated rings. The summed E-state index contributed by atoms with van der Waals surface area (Å²) in [6.45, 7) is 3.68. The zero-order valence-electron chi connectivity index (χ0n) is 18.0. The largest absolute Gasteiger partial charge is 0.495 e. The second-order valence-electron chi connectivity index (χ2n) is 7.69. The minimum Gasteiger partial charge on any atom is -0.495 e. The van der Waals surface area contributed by atoms with Gasteiger partial charge >= 0.3 is 0 Å². The van der Waals surface area contributed by atoms with E-state index in [4.69, 9.17) is 13.9 Å². The molecule has 0 aliphatic heterocycles. The first-order valence-corrected chi connectivity index (χ1v) is 10.4. The molecule has 0 spiro atoms. The van der Waals surface area contributed by atoms with Gasteiger partial charge in [0.25, 0.3) is 5.91 Å². The first-order chi connectivity index (χ1) is 15.5. The molecule has 5 aromatic rings. The summed E-state index contributed by atoms with van der Waals surface area (Å²) in [5.41, 5.74) is 3.83. The Hall–Kier alpha value is -4.06. The molecular weight excluding hydrogens is 404 g/mol. The number of fused-ring (bicyclic) bond motifs is 4. The Bertz CT molecular complexity index is 1470. The third-order valence-electron chi connectivity index (χ3n) is 5.52. The number of benzene rings is 3. The van der Waals surface area contributed by atoms with Gasteiger partial charge in [0.2, 0.25) is 5.88 Å². The molecular formula is C26H22N2O4. The van der Waals surface area contributed by atoms with Crippen molar-refractivity contribution in [1.82, 2.24) is 4.98 Å². The van der Waals surface area contributed by atoms with Crippen LogP contribution in [0.2, 0.25) is 0 Å². The van der Waals surface area contributed by atoms with Gasteiger partial charge < -0.3 is 19.2 Å². The van der Waals surface area contributed by atoms with Crippen LogP contribution in [0.25, 0.3) is 32.8 Å². The number of aromatic nitrogens is 1. The topological polar surface area (TPSA) is 73.6 Å². The zero-order chi connectivity index (χ0) is 22.2. The molecule has 0 aliphatic carbocycles. The Morgan fingerprint density at radius 3 is 2.53 bits per heavy atom. The third-order valence-corrected chi connectivity index (χ3v) is 5.52. The summed E-state index contributed by atoms with van der Waals surface area (Å²) >= 11 is 0. The number of amides is 1. The van der Waals surface area contributed by atoms with Crippen molar-refractivity contribution >= 4 is 44.4 Å². The van der Waals surface area contributed by atoms with Gasteiger partial charge in [-0.3, -0.25) is 4.79 Å². The van der Waals surface area contributed by atoms with E-state index in [1.807, 2.05) is 67.6 Å². The molecule has 160 valence electrons. The number of pyridine rings is 1. The summed E-state index contributed by atoms with van der Waals surface area (Å²) in [5, 5.41) is 5.87. The van der Waals surface area contributed by atoms with E-state index in [2.05, 4.69) is 10.3 Å². The van der Waals surface area contributed by atoms with Crippen LogP contribution in [0.5, 0.6) is 11.6 Å². The van der Waals surface area contributed by atoms with E-state index < -0.39 is 6.10 Å². The molecule has 2 heterocycles. The van der Waals surface area contributed by atoms with Crippen LogP contribution in [-0.2, 0) is 4.79 Å². The summed E-state index contributed by atoms with van der Waals surface area (Å²) in [5.74, 6) is 0.638. The number of methoxy groups -OCH3 is 1. The number of hydrogen-bond acceptors (Lipinski definition) is 5. The lowest BCUT2D eigenvalue weighted by molar-refractivity contribution is -0.122. The maximum absolute atomic E-state index is 12.9. The highest BCUT2D eigenvalue weighted by Gasteiger charge is 2.19. The van der Waals surface area contributed by atoms with E-state index in [1.54, 1.807) is 20.1 Å². The Morgan fingerprint density at radius 2 is 1.72 bits per heavy atom. The summed E-state index contributed by atoms with van der Waals surface area (Å²) in [6.07, 6.45) is -0.765.